The van der Waals surface area contributed by atoms with Crippen LogP contribution in [0.5, 0.6) is 5.75 Å². The van der Waals surface area contributed by atoms with Crippen molar-refractivity contribution in [2.75, 3.05) is 6.61 Å². The molecular formula is C29H31ClN2O2. The van der Waals surface area contributed by atoms with E-state index in [0.29, 0.717) is 19.4 Å². The molecule has 176 valence electrons. The number of H-pyrrole nitrogens is 1. The number of hydrogen-bond donors (Lipinski definition) is 2. The first-order valence-corrected chi connectivity index (χ1v) is 12.3. The number of aromatic nitrogens is 2. The van der Waals surface area contributed by atoms with Crippen LogP contribution in [0.4, 0.5) is 0 Å². The average Bonchev–Trinajstić information content (AvgIpc) is 3.45. The van der Waals surface area contributed by atoms with E-state index in [1.807, 2.05) is 42.6 Å². The first-order valence-electron chi connectivity index (χ1n) is 12.0. The summed E-state index contributed by atoms with van der Waals surface area (Å²) in [5.74, 6) is 0.694. The highest BCUT2D eigenvalue weighted by Crippen LogP contribution is 2.48. The molecule has 2 unspecified atom stereocenters. The van der Waals surface area contributed by atoms with E-state index in [0.717, 1.165) is 50.5 Å². The molecule has 1 aliphatic heterocycles. The third-order valence-electron chi connectivity index (χ3n) is 7.26. The predicted molar refractivity (Wildman–Crippen MR) is 138 cm³/mol. The SMILES string of the molecule is CCC(O)(CC(C)(C)c1cc(Cl)cc2c1OCC2)C(c1ccccc1)c1cc2ccncc2[nH]1. The minimum absolute atomic E-state index is 0.237. The third-order valence-corrected chi connectivity index (χ3v) is 7.48. The summed E-state index contributed by atoms with van der Waals surface area (Å²) >= 11 is 6.51. The summed E-state index contributed by atoms with van der Waals surface area (Å²) in [6.07, 6.45) is 5.63. The number of hydrogen-bond acceptors (Lipinski definition) is 3. The first kappa shape index (κ1) is 22.9. The van der Waals surface area contributed by atoms with Gasteiger partial charge in [-0.1, -0.05) is 62.7 Å². The smallest absolute Gasteiger partial charge is 0.126 e. The second-order valence-corrected chi connectivity index (χ2v) is 10.5. The molecule has 5 heteroatoms. The third kappa shape index (κ3) is 4.10. The van der Waals surface area contributed by atoms with Gasteiger partial charge >= 0.3 is 0 Å². The molecule has 2 N–H and O–H groups in total. The molecule has 3 heterocycles. The topological polar surface area (TPSA) is 58.1 Å². The van der Waals surface area contributed by atoms with Crippen LogP contribution in [0.3, 0.4) is 0 Å². The average molecular weight is 475 g/mol. The Labute approximate surface area is 206 Å². The summed E-state index contributed by atoms with van der Waals surface area (Å²) in [7, 11) is 0. The zero-order valence-corrected chi connectivity index (χ0v) is 20.7. The zero-order chi connectivity index (χ0) is 23.9. The van der Waals surface area contributed by atoms with Gasteiger partial charge < -0.3 is 14.8 Å². The molecule has 0 bridgehead atoms. The molecule has 1 aliphatic rings. The van der Waals surface area contributed by atoms with E-state index >= 15 is 0 Å². The number of halogens is 1. The van der Waals surface area contributed by atoms with Gasteiger partial charge in [0, 0.05) is 34.3 Å². The lowest BCUT2D eigenvalue weighted by Crippen LogP contribution is -2.42. The van der Waals surface area contributed by atoms with Crippen LogP contribution >= 0.6 is 11.6 Å². The number of ether oxygens (including phenoxy) is 1. The van der Waals surface area contributed by atoms with Gasteiger partial charge in [-0.2, -0.15) is 0 Å². The highest BCUT2D eigenvalue weighted by molar-refractivity contribution is 6.30. The molecule has 2 aromatic carbocycles. The largest absolute Gasteiger partial charge is 0.493 e. The van der Waals surface area contributed by atoms with Gasteiger partial charge in [-0.15, -0.1) is 0 Å². The van der Waals surface area contributed by atoms with Crippen LogP contribution in [0.2, 0.25) is 5.02 Å². The highest BCUT2D eigenvalue weighted by Gasteiger charge is 2.44. The molecule has 34 heavy (non-hydrogen) atoms. The van der Waals surface area contributed by atoms with E-state index in [-0.39, 0.29) is 11.3 Å². The van der Waals surface area contributed by atoms with E-state index in [2.05, 4.69) is 48.9 Å². The van der Waals surface area contributed by atoms with Crippen molar-refractivity contribution in [1.29, 1.82) is 0 Å². The summed E-state index contributed by atoms with van der Waals surface area (Å²) in [5, 5.41) is 14.2. The number of rotatable bonds is 7. The van der Waals surface area contributed by atoms with Gasteiger partial charge in [0.25, 0.3) is 0 Å². The van der Waals surface area contributed by atoms with Crippen molar-refractivity contribution in [2.45, 2.75) is 57.0 Å². The minimum Gasteiger partial charge on any atom is -0.493 e. The van der Waals surface area contributed by atoms with Crippen LogP contribution in [-0.2, 0) is 11.8 Å². The van der Waals surface area contributed by atoms with E-state index in [4.69, 9.17) is 16.3 Å². The quantitative estimate of drug-likeness (QED) is 0.310. The second kappa shape index (κ2) is 8.75. The number of benzene rings is 2. The molecule has 0 saturated heterocycles. The van der Waals surface area contributed by atoms with Crippen molar-refractivity contribution >= 4 is 22.5 Å². The molecule has 4 aromatic rings. The van der Waals surface area contributed by atoms with Crippen molar-refractivity contribution < 1.29 is 9.84 Å². The minimum atomic E-state index is -1.02. The summed E-state index contributed by atoms with van der Waals surface area (Å²) in [4.78, 5) is 7.80. The number of pyridine rings is 1. The molecule has 2 aromatic heterocycles. The normalized spacial score (nSPS) is 16.1. The number of nitrogens with one attached hydrogen (secondary N) is 1. The molecule has 0 aliphatic carbocycles. The number of nitrogens with zero attached hydrogens (tertiary/aromatic N) is 1. The maximum atomic E-state index is 12.4. The van der Waals surface area contributed by atoms with Gasteiger partial charge in [0.05, 0.1) is 29.8 Å². The van der Waals surface area contributed by atoms with Crippen molar-refractivity contribution in [3.63, 3.8) is 0 Å². The Morgan fingerprint density at radius 3 is 2.68 bits per heavy atom. The highest BCUT2D eigenvalue weighted by atomic mass is 35.5. The molecule has 0 saturated carbocycles. The van der Waals surface area contributed by atoms with Gasteiger partial charge in [0.2, 0.25) is 0 Å². The second-order valence-electron chi connectivity index (χ2n) is 10.1. The van der Waals surface area contributed by atoms with Crippen LogP contribution in [0.1, 0.15) is 61.9 Å². The Hall–Kier alpha value is -2.82. The molecule has 0 spiro atoms. The Balaban J connectivity index is 1.61. The fourth-order valence-electron chi connectivity index (χ4n) is 5.64. The van der Waals surface area contributed by atoms with Crippen molar-refractivity contribution in [2.24, 2.45) is 0 Å². The number of fused-ring (bicyclic) bond motifs is 2. The zero-order valence-electron chi connectivity index (χ0n) is 19.9. The van der Waals surface area contributed by atoms with Gasteiger partial charge in [0.1, 0.15) is 5.75 Å². The lowest BCUT2D eigenvalue weighted by molar-refractivity contribution is -0.00713. The summed E-state index contributed by atoms with van der Waals surface area (Å²) in [6, 6.07) is 18.4. The van der Waals surface area contributed by atoms with Crippen LogP contribution in [0, 0.1) is 0 Å². The van der Waals surface area contributed by atoms with E-state index in [1.54, 1.807) is 6.20 Å². The number of aliphatic hydroxyl groups is 1. The molecule has 2 atom stereocenters. The molecule has 5 rings (SSSR count). The first-order chi connectivity index (χ1) is 16.3. The number of aromatic amines is 1. The van der Waals surface area contributed by atoms with Gasteiger partial charge in [-0.3, -0.25) is 4.98 Å². The van der Waals surface area contributed by atoms with Gasteiger partial charge in [0.15, 0.2) is 0 Å². The van der Waals surface area contributed by atoms with Crippen molar-refractivity contribution in [3.8, 4) is 5.75 Å². The van der Waals surface area contributed by atoms with Crippen LogP contribution < -0.4 is 4.74 Å². The fraction of sp³-hybridized carbons (Fsp3) is 0.345. The maximum Gasteiger partial charge on any atom is 0.126 e. The lowest BCUT2D eigenvalue weighted by Gasteiger charge is -2.42. The van der Waals surface area contributed by atoms with Crippen LogP contribution in [-0.4, -0.2) is 27.3 Å². The van der Waals surface area contributed by atoms with Gasteiger partial charge in [-0.25, -0.2) is 0 Å². The Bertz CT molecular complexity index is 1280. The van der Waals surface area contributed by atoms with Gasteiger partial charge in [-0.05, 0) is 53.6 Å². The maximum absolute atomic E-state index is 12.4. The summed E-state index contributed by atoms with van der Waals surface area (Å²) in [6.45, 7) is 7.10. The van der Waals surface area contributed by atoms with Crippen LogP contribution in [0.25, 0.3) is 10.9 Å². The summed E-state index contributed by atoms with van der Waals surface area (Å²) < 4.78 is 6.04. The lowest BCUT2D eigenvalue weighted by atomic mass is 9.67. The Morgan fingerprint density at radius 2 is 1.94 bits per heavy atom. The molecular weight excluding hydrogens is 444 g/mol. The monoisotopic (exact) mass is 474 g/mol. The molecule has 0 radical (unpaired) electrons. The Kier molecular flexibility index (Phi) is 5.91. The van der Waals surface area contributed by atoms with Crippen molar-refractivity contribution in [1.82, 2.24) is 9.97 Å². The van der Waals surface area contributed by atoms with E-state index in [9.17, 15) is 5.11 Å². The Morgan fingerprint density at radius 1 is 1.15 bits per heavy atom. The van der Waals surface area contributed by atoms with E-state index in [1.165, 1.54) is 0 Å². The molecule has 4 nitrogen and oxygen atoms in total. The van der Waals surface area contributed by atoms with Crippen LogP contribution in [0.15, 0.2) is 67.0 Å². The van der Waals surface area contributed by atoms with Crippen molar-refractivity contribution in [3.05, 3.63) is 94.4 Å². The van der Waals surface area contributed by atoms with E-state index < -0.39 is 5.60 Å². The molecule has 0 fully saturated rings. The fourth-order valence-corrected chi connectivity index (χ4v) is 5.88. The summed E-state index contributed by atoms with van der Waals surface area (Å²) in [5.41, 5.74) is 3.86. The molecule has 0 amide bonds. The predicted octanol–water partition coefficient (Wildman–Crippen LogP) is 6.79. The standard InChI is InChI=1S/C29H31ClN2O2/c1-4-29(33,18-28(2,3)23-16-22(30)14-21-11-13-34-27(21)23)26(19-8-6-5-7-9-19)24-15-20-10-12-31-17-25(20)32-24/h5-10,12,14-17,26,32-33H,4,11,13,18H2,1-3H3.